The summed E-state index contributed by atoms with van der Waals surface area (Å²) in [5.74, 6) is 0. The first kappa shape index (κ1) is 11.8. The van der Waals surface area contributed by atoms with E-state index in [2.05, 4.69) is 4.98 Å². The van der Waals surface area contributed by atoms with Crippen molar-refractivity contribution in [3.05, 3.63) is 30.1 Å². The lowest BCUT2D eigenvalue weighted by Gasteiger charge is -2.07. The van der Waals surface area contributed by atoms with E-state index < -0.39 is 24.7 Å². The van der Waals surface area contributed by atoms with Crippen molar-refractivity contribution in [1.82, 2.24) is 9.55 Å². The number of aromatic nitrogens is 2. The Bertz CT molecular complexity index is 529. The summed E-state index contributed by atoms with van der Waals surface area (Å²) in [6, 6.07) is 2.87. The van der Waals surface area contributed by atoms with E-state index in [9.17, 15) is 22.0 Å². The number of nitrogens with zero attached hydrogens (tertiary/aromatic N) is 2. The van der Waals surface area contributed by atoms with Gasteiger partial charge in [-0.2, -0.15) is 13.2 Å². The summed E-state index contributed by atoms with van der Waals surface area (Å²) in [4.78, 5) is 3.76. The van der Waals surface area contributed by atoms with Crippen LogP contribution in [0.5, 0.6) is 0 Å². The lowest BCUT2D eigenvalue weighted by atomic mass is 10.2. The second-order valence-electron chi connectivity index (χ2n) is 3.49. The second kappa shape index (κ2) is 3.97. The molecule has 1 aromatic heterocycles. The van der Waals surface area contributed by atoms with Gasteiger partial charge in [-0.25, -0.2) is 13.8 Å². The number of fused-ring (bicyclic) bond motifs is 1. The van der Waals surface area contributed by atoms with E-state index in [0.717, 1.165) is 23.0 Å². The SMILES string of the molecule is FC(F)Cn1cnc2ccc(C(F)(F)F)cc21. The van der Waals surface area contributed by atoms with Gasteiger partial charge in [-0.1, -0.05) is 0 Å². The monoisotopic (exact) mass is 250 g/mol. The third-order valence-electron chi connectivity index (χ3n) is 2.28. The number of rotatable bonds is 2. The maximum atomic E-state index is 12.4. The van der Waals surface area contributed by atoms with Gasteiger partial charge in [-0.3, -0.25) is 0 Å². The quantitative estimate of drug-likeness (QED) is 0.747. The van der Waals surface area contributed by atoms with E-state index in [4.69, 9.17) is 0 Å². The van der Waals surface area contributed by atoms with Crippen molar-refractivity contribution in [2.45, 2.75) is 19.1 Å². The third kappa shape index (κ3) is 2.37. The largest absolute Gasteiger partial charge is 0.416 e. The van der Waals surface area contributed by atoms with E-state index in [1.54, 1.807) is 0 Å². The molecule has 1 aromatic carbocycles. The predicted octanol–water partition coefficient (Wildman–Crippen LogP) is 3.32. The standard InChI is InChI=1S/C10H7F5N2/c11-9(12)4-17-5-16-7-2-1-6(3-8(7)17)10(13,14)15/h1-3,5,9H,4H2. The van der Waals surface area contributed by atoms with Crippen molar-refractivity contribution in [3.8, 4) is 0 Å². The summed E-state index contributed by atoms with van der Waals surface area (Å²) in [5.41, 5.74) is -0.556. The Morgan fingerprint density at radius 1 is 1.24 bits per heavy atom. The molecule has 0 amide bonds. The maximum absolute atomic E-state index is 12.4. The highest BCUT2D eigenvalue weighted by atomic mass is 19.4. The van der Waals surface area contributed by atoms with E-state index in [-0.39, 0.29) is 11.0 Å². The van der Waals surface area contributed by atoms with Crippen molar-refractivity contribution < 1.29 is 22.0 Å². The maximum Gasteiger partial charge on any atom is 0.416 e. The zero-order valence-electron chi connectivity index (χ0n) is 8.38. The van der Waals surface area contributed by atoms with Crippen molar-refractivity contribution in [1.29, 1.82) is 0 Å². The topological polar surface area (TPSA) is 17.8 Å². The molecule has 0 saturated heterocycles. The van der Waals surface area contributed by atoms with E-state index in [1.807, 2.05) is 0 Å². The molecule has 7 heteroatoms. The molecule has 0 aliphatic heterocycles. The highest BCUT2D eigenvalue weighted by Crippen LogP contribution is 2.31. The Morgan fingerprint density at radius 3 is 2.53 bits per heavy atom. The van der Waals surface area contributed by atoms with E-state index in [0.29, 0.717) is 0 Å². The van der Waals surface area contributed by atoms with E-state index >= 15 is 0 Å². The van der Waals surface area contributed by atoms with Gasteiger partial charge in [0, 0.05) is 0 Å². The van der Waals surface area contributed by atoms with Crippen molar-refractivity contribution in [2.75, 3.05) is 0 Å². The minimum Gasteiger partial charge on any atom is -0.325 e. The van der Waals surface area contributed by atoms with Gasteiger partial charge in [0.2, 0.25) is 0 Å². The molecule has 92 valence electrons. The second-order valence-corrected chi connectivity index (χ2v) is 3.49. The van der Waals surface area contributed by atoms with Gasteiger partial charge >= 0.3 is 6.18 Å². The molecule has 0 N–H and O–H groups in total. The van der Waals surface area contributed by atoms with Crippen molar-refractivity contribution in [3.63, 3.8) is 0 Å². The number of hydrogen-bond donors (Lipinski definition) is 0. The minimum absolute atomic E-state index is 0.0557. The molecule has 2 rings (SSSR count). The normalized spacial score (nSPS) is 12.6. The van der Waals surface area contributed by atoms with Gasteiger partial charge in [0.05, 0.1) is 29.5 Å². The number of halogens is 5. The van der Waals surface area contributed by atoms with Gasteiger partial charge in [0.1, 0.15) is 0 Å². The summed E-state index contributed by atoms with van der Waals surface area (Å²) >= 11 is 0. The molecule has 2 aromatic rings. The lowest BCUT2D eigenvalue weighted by Crippen LogP contribution is -2.07. The van der Waals surface area contributed by atoms with Gasteiger partial charge in [0.15, 0.2) is 0 Å². The van der Waals surface area contributed by atoms with Crippen LogP contribution in [0.15, 0.2) is 24.5 Å². The first-order chi connectivity index (χ1) is 7.88. The van der Waals surface area contributed by atoms with Crippen LogP contribution in [0, 0.1) is 0 Å². The Balaban J connectivity index is 2.50. The van der Waals surface area contributed by atoms with Gasteiger partial charge < -0.3 is 4.57 Å². The van der Waals surface area contributed by atoms with Crippen LogP contribution in [0.1, 0.15) is 5.56 Å². The molecule has 1 heterocycles. The van der Waals surface area contributed by atoms with Crippen LogP contribution in [-0.2, 0) is 12.7 Å². The molecular formula is C10H7F5N2. The zero-order valence-corrected chi connectivity index (χ0v) is 8.38. The molecule has 0 aliphatic carbocycles. The highest BCUT2D eigenvalue weighted by Gasteiger charge is 2.30. The van der Waals surface area contributed by atoms with Crippen LogP contribution in [0.2, 0.25) is 0 Å². The molecule has 2 nitrogen and oxygen atoms in total. The fraction of sp³-hybridized carbons (Fsp3) is 0.300. The molecule has 0 fully saturated rings. The molecule has 0 atom stereocenters. The Labute approximate surface area is 92.7 Å². The molecule has 0 spiro atoms. The summed E-state index contributed by atoms with van der Waals surface area (Å²) in [6.07, 6.45) is -6.02. The smallest absolute Gasteiger partial charge is 0.325 e. The number of alkyl halides is 5. The van der Waals surface area contributed by atoms with Crippen LogP contribution in [0.4, 0.5) is 22.0 Å². The Kier molecular flexibility index (Phi) is 2.76. The molecule has 0 unspecified atom stereocenters. The predicted molar refractivity (Wildman–Crippen MR) is 50.7 cm³/mol. The van der Waals surface area contributed by atoms with Crippen LogP contribution < -0.4 is 0 Å². The minimum atomic E-state index is -4.49. The molecule has 0 bridgehead atoms. The average Bonchev–Trinajstić information content (AvgIpc) is 2.59. The summed E-state index contributed by atoms with van der Waals surface area (Å²) in [6.45, 7) is -0.669. The first-order valence-electron chi connectivity index (χ1n) is 4.68. The summed E-state index contributed by atoms with van der Waals surface area (Å²) in [5, 5.41) is 0. The van der Waals surface area contributed by atoms with Gasteiger partial charge in [0.25, 0.3) is 6.43 Å². The van der Waals surface area contributed by atoms with Crippen LogP contribution >= 0.6 is 0 Å². The van der Waals surface area contributed by atoms with Crippen LogP contribution in [-0.4, -0.2) is 16.0 Å². The third-order valence-corrected chi connectivity index (χ3v) is 2.28. The molecule has 17 heavy (non-hydrogen) atoms. The number of imidazole rings is 1. The van der Waals surface area contributed by atoms with E-state index in [1.165, 1.54) is 6.07 Å². The van der Waals surface area contributed by atoms with Gasteiger partial charge in [-0.15, -0.1) is 0 Å². The summed E-state index contributed by atoms with van der Waals surface area (Å²) in [7, 11) is 0. The van der Waals surface area contributed by atoms with Crippen molar-refractivity contribution >= 4 is 11.0 Å². The number of hydrogen-bond acceptors (Lipinski definition) is 1. The number of benzene rings is 1. The van der Waals surface area contributed by atoms with Crippen LogP contribution in [0.25, 0.3) is 11.0 Å². The fourth-order valence-corrected chi connectivity index (χ4v) is 1.53. The van der Waals surface area contributed by atoms with Crippen molar-refractivity contribution in [2.24, 2.45) is 0 Å². The molecule has 0 aliphatic rings. The highest BCUT2D eigenvalue weighted by molar-refractivity contribution is 5.76. The lowest BCUT2D eigenvalue weighted by molar-refractivity contribution is -0.137. The molecule has 0 radical (unpaired) electrons. The van der Waals surface area contributed by atoms with Crippen LogP contribution in [0.3, 0.4) is 0 Å². The molecule has 0 saturated carbocycles. The first-order valence-corrected chi connectivity index (χ1v) is 4.68. The Hall–Kier alpha value is -1.66. The average molecular weight is 250 g/mol. The van der Waals surface area contributed by atoms with Gasteiger partial charge in [-0.05, 0) is 18.2 Å². The summed E-state index contributed by atoms with van der Waals surface area (Å²) < 4.78 is 62.7. The Morgan fingerprint density at radius 2 is 1.94 bits per heavy atom. The molecular weight excluding hydrogens is 243 g/mol. The fourth-order valence-electron chi connectivity index (χ4n) is 1.53. The zero-order chi connectivity index (χ0) is 12.6.